The van der Waals surface area contributed by atoms with Gasteiger partial charge in [0.2, 0.25) is 15.9 Å². The summed E-state index contributed by atoms with van der Waals surface area (Å²) in [5.41, 5.74) is 0.488. The highest BCUT2D eigenvalue weighted by Gasteiger charge is 2.27. The normalized spacial score (nSPS) is 20.2. The molecule has 6 nitrogen and oxygen atoms in total. The number of sulfonamides is 1. The van der Waals surface area contributed by atoms with Gasteiger partial charge in [-0.3, -0.25) is 4.79 Å². The molecule has 0 spiro atoms. The van der Waals surface area contributed by atoms with Crippen LogP contribution in [0.1, 0.15) is 43.0 Å². The fraction of sp³-hybridized carbons (Fsp3) is 0.368. The van der Waals surface area contributed by atoms with E-state index >= 15 is 0 Å². The van der Waals surface area contributed by atoms with Crippen molar-refractivity contribution in [3.8, 4) is 5.88 Å². The quantitative estimate of drug-likeness (QED) is 0.738. The first-order valence-electron chi connectivity index (χ1n) is 8.75. The second-order valence-corrected chi connectivity index (χ2v) is 8.76. The Kier molecular flexibility index (Phi) is 6.14. The lowest BCUT2D eigenvalue weighted by Gasteiger charge is -2.29. The number of aromatic nitrogens is 1. The van der Waals surface area contributed by atoms with Gasteiger partial charge in [0.15, 0.2) is 5.78 Å². The summed E-state index contributed by atoms with van der Waals surface area (Å²) in [6.45, 7) is 1.45. The van der Waals surface area contributed by atoms with Gasteiger partial charge in [-0.1, -0.05) is 23.7 Å². The Morgan fingerprint density at radius 1 is 1.11 bits per heavy atom. The van der Waals surface area contributed by atoms with Gasteiger partial charge in [-0.05, 0) is 50.8 Å². The highest BCUT2D eigenvalue weighted by molar-refractivity contribution is 7.89. The summed E-state index contributed by atoms with van der Waals surface area (Å²) in [5.74, 6) is 0.425. The average Bonchev–Trinajstić information content (AvgIpc) is 2.65. The van der Waals surface area contributed by atoms with E-state index in [4.69, 9.17) is 16.3 Å². The van der Waals surface area contributed by atoms with Gasteiger partial charge in [-0.25, -0.2) is 18.1 Å². The van der Waals surface area contributed by atoms with E-state index in [2.05, 4.69) is 9.71 Å². The number of ether oxygens (including phenoxy) is 1. The Labute approximate surface area is 164 Å². The predicted molar refractivity (Wildman–Crippen MR) is 103 cm³/mol. The Hall–Kier alpha value is -1.96. The molecule has 27 heavy (non-hydrogen) atoms. The largest absolute Gasteiger partial charge is 0.474 e. The number of pyridine rings is 1. The number of nitrogens with zero attached hydrogens (tertiary/aromatic N) is 1. The number of carbonyl (C=O) groups is 1. The number of carbonyl (C=O) groups excluding carboxylic acids is 1. The van der Waals surface area contributed by atoms with Crippen molar-refractivity contribution < 1.29 is 17.9 Å². The summed E-state index contributed by atoms with van der Waals surface area (Å²) in [7, 11) is -3.61. The average molecular weight is 409 g/mol. The van der Waals surface area contributed by atoms with Crippen LogP contribution in [0.2, 0.25) is 5.02 Å². The van der Waals surface area contributed by atoms with E-state index in [0.29, 0.717) is 29.3 Å². The van der Waals surface area contributed by atoms with Gasteiger partial charge < -0.3 is 4.74 Å². The third kappa shape index (κ3) is 5.28. The molecule has 144 valence electrons. The summed E-state index contributed by atoms with van der Waals surface area (Å²) >= 11 is 5.81. The van der Waals surface area contributed by atoms with Crippen molar-refractivity contribution in [3.05, 3.63) is 53.2 Å². The summed E-state index contributed by atoms with van der Waals surface area (Å²) in [4.78, 5) is 15.6. The van der Waals surface area contributed by atoms with Crippen molar-refractivity contribution >= 4 is 27.4 Å². The molecule has 3 rings (SSSR count). The van der Waals surface area contributed by atoms with Crippen LogP contribution in [0.25, 0.3) is 0 Å². The number of rotatable bonds is 6. The smallest absolute Gasteiger partial charge is 0.240 e. The standard InChI is InChI=1S/C19H21ClN2O4S/c1-13(23)14-2-9-18(10-3-14)27(24,25)22-16-5-7-17(8-6-16)26-19-11-4-15(20)12-21-19/h2-4,9-12,16-17,22H,5-8H2,1H3. The highest BCUT2D eigenvalue weighted by atomic mass is 35.5. The van der Waals surface area contributed by atoms with Gasteiger partial charge in [-0.15, -0.1) is 0 Å². The summed E-state index contributed by atoms with van der Waals surface area (Å²) in [6.07, 6.45) is 4.39. The van der Waals surface area contributed by atoms with Gasteiger partial charge in [-0.2, -0.15) is 0 Å². The molecule has 1 fully saturated rings. The van der Waals surface area contributed by atoms with E-state index < -0.39 is 10.0 Å². The van der Waals surface area contributed by atoms with Crippen LogP contribution < -0.4 is 9.46 Å². The predicted octanol–water partition coefficient (Wildman–Crippen LogP) is 3.61. The lowest BCUT2D eigenvalue weighted by Crippen LogP contribution is -2.39. The molecule has 1 heterocycles. The second kappa shape index (κ2) is 8.37. The van der Waals surface area contributed by atoms with Gasteiger partial charge in [0, 0.05) is 23.9 Å². The number of hydrogen-bond donors (Lipinski definition) is 1. The Balaban J connectivity index is 1.54. The van der Waals surface area contributed by atoms with E-state index in [1.165, 1.54) is 37.4 Å². The molecule has 1 aliphatic rings. The topological polar surface area (TPSA) is 85.4 Å². The Morgan fingerprint density at radius 3 is 2.33 bits per heavy atom. The van der Waals surface area contributed by atoms with Crippen molar-refractivity contribution in [2.45, 2.75) is 49.6 Å². The fourth-order valence-electron chi connectivity index (χ4n) is 3.06. The van der Waals surface area contributed by atoms with E-state index in [1.807, 2.05) is 0 Å². The number of Topliss-reactive ketones (excluding diaryl/α,β-unsaturated/α-hetero) is 1. The van der Waals surface area contributed by atoms with E-state index in [1.54, 1.807) is 12.1 Å². The molecule has 0 atom stereocenters. The zero-order chi connectivity index (χ0) is 19.4. The van der Waals surface area contributed by atoms with Crippen LogP contribution in [0.15, 0.2) is 47.5 Å². The lowest BCUT2D eigenvalue weighted by molar-refractivity contribution is 0.101. The van der Waals surface area contributed by atoms with E-state index in [9.17, 15) is 13.2 Å². The number of nitrogens with one attached hydrogen (secondary N) is 1. The monoisotopic (exact) mass is 408 g/mol. The van der Waals surface area contributed by atoms with Crippen LogP contribution in [0.5, 0.6) is 5.88 Å². The molecule has 1 aromatic carbocycles. The van der Waals surface area contributed by atoms with Gasteiger partial charge >= 0.3 is 0 Å². The Morgan fingerprint density at radius 2 is 1.78 bits per heavy atom. The molecule has 1 aliphatic carbocycles. The van der Waals surface area contributed by atoms with E-state index in [-0.39, 0.29) is 22.8 Å². The van der Waals surface area contributed by atoms with Crippen LogP contribution in [0, 0.1) is 0 Å². The molecule has 0 radical (unpaired) electrons. The zero-order valence-corrected chi connectivity index (χ0v) is 16.5. The van der Waals surface area contributed by atoms with Gasteiger partial charge in [0.25, 0.3) is 0 Å². The molecule has 2 aromatic rings. The molecule has 1 aromatic heterocycles. The number of benzene rings is 1. The third-order valence-electron chi connectivity index (χ3n) is 4.55. The van der Waals surface area contributed by atoms with Crippen LogP contribution in [-0.2, 0) is 10.0 Å². The van der Waals surface area contributed by atoms with E-state index in [0.717, 1.165) is 12.8 Å². The minimum Gasteiger partial charge on any atom is -0.474 e. The zero-order valence-electron chi connectivity index (χ0n) is 14.9. The molecular weight excluding hydrogens is 388 g/mol. The summed E-state index contributed by atoms with van der Waals surface area (Å²) < 4.78 is 33.7. The van der Waals surface area contributed by atoms with Crippen molar-refractivity contribution in [3.63, 3.8) is 0 Å². The third-order valence-corrected chi connectivity index (χ3v) is 6.31. The molecule has 0 unspecified atom stereocenters. The molecule has 0 aliphatic heterocycles. The molecule has 1 saturated carbocycles. The molecular formula is C19H21ClN2O4S. The summed E-state index contributed by atoms with van der Waals surface area (Å²) in [6, 6.07) is 9.28. The van der Waals surface area contributed by atoms with Crippen molar-refractivity contribution in [2.75, 3.05) is 0 Å². The van der Waals surface area contributed by atoms with Crippen LogP contribution in [-0.4, -0.2) is 31.3 Å². The summed E-state index contributed by atoms with van der Waals surface area (Å²) in [5, 5.41) is 0.553. The van der Waals surface area contributed by atoms with Crippen LogP contribution in [0.3, 0.4) is 0 Å². The van der Waals surface area contributed by atoms with Crippen LogP contribution >= 0.6 is 11.6 Å². The molecule has 1 N–H and O–H groups in total. The van der Waals surface area contributed by atoms with Gasteiger partial charge in [0.05, 0.1) is 9.92 Å². The van der Waals surface area contributed by atoms with Crippen molar-refractivity contribution in [1.82, 2.24) is 9.71 Å². The molecule has 0 amide bonds. The maximum Gasteiger partial charge on any atom is 0.240 e. The van der Waals surface area contributed by atoms with Crippen molar-refractivity contribution in [1.29, 1.82) is 0 Å². The minimum absolute atomic E-state index is 0.00859. The number of ketones is 1. The molecule has 8 heteroatoms. The number of hydrogen-bond acceptors (Lipinski definition) is 5. The van der Waals surface area contributed by atoms with Gasteiger partial charge in [0.1, 0.15) is 6.10 Å². The highest BCUT2D eigenvalue weighted by Crippen LogP contribution is 2.24. The first kappa shape index (κ1) is 19.8. The SMILES string of the molecule is CC(=O)c1ccc(S(=O)(=O)NC2CCC(Oc3ccc(Cl)cn3)CC2)cc1. The fourth-order valence-corrected chi connectivity index (χ4v) is 4.47. The minimum atomic E-state index is -3.61. The second-order valence-electron chi connectivity index (χ2n) is 6.61. The first-order chi connectivity index (χ1) is 12.8. The maximum absolute atomic E-state index is 12.5. The Bertz CT molecular complexity index is 890. The maximum atomic E-state index is 12.5. The van der Waals surface area contributed by atoms with Crippen LogP contribution in [0.4, 0.5) is 0 Å². The molecule has 0 saturated heterocycles. The molecule has 0 bridgehead atoms. The van der Waals surface area contributed by atoms with Crippen molar-refractivity contribution in [2.24, 2.45) is 0 Å². The first-order valence-corrected chi connectivity index (χ1v) is 10.6. The number of halogens is 1. The lowest BCUT2D eigenvalue weighted by atomic mass is 9.94.